The standard InChI is InChI=1S/C21H28N2O3/c1-19(2)20(3)9-10-21(19,26-18(20)25)17(24)23-13-11-22(12-14-23)15-16-7-5-4-6-8-16/h4-8H,9-15H2,1-3H3/t20-,21-/m1/s1. The van der Waals surface area contributed by atoms with Crippen LogP contribution in [0.3, 0.4) is 0 Å². The lowest BCUT2D eigenvalue weighted by Crippen LogP contribution is -2.59. The van der Waals surface area contributed by atoms with Crippen molar-refractivity contribution in [3.05, 3.63) is 35.9 Å². The van der Waals surface area contributed by atoms with E-state index < -0.39 is 16.4 Å². The fourth-order valence-electron chi connectivity index (χ4n) is 4.93. The summed E-state index contributed by atoms with van der Waals surface area (Å²) in [6, 6.07) is 10.4. The molecule has 1 aliphatic carbocycles. The van der Waals surface area contributed by atoms with E-state index in [0.717, 1.165) is 26.1 Å². The smallest absolute Gasteiger partial charge is 0.313 e. The van der Waals surface area contributed by atoms with Crippen LogP contribution >= 0.6 is 0 Å². The van der Waals surface area contributed by atoms with Gasteiger partial charge < -0.3 is 9.64 Å². The van der Waals surface area contributed by atoms with E-state index in [0.29, 0.717) is 19.5 Å². The van der Waals surface area contributed by atoms with Gasteiger partial charge in [-0.25, -0.2) is 0 Å². The summed E-state index contributed by atoms with van der Waals surface area (Å²) in [5.41, 5.74) is -0.684. The van der Waals surface area contributed by atoms with Crippen molar-refractivity contribution in [2.24, 2.45) is 10.8 Å². The Balaban J connectivity index is 1.44. The van der Waals surface area contributed by atoms with Gasteiger partial charge in [0.25, 0.3) is 5.91 Å². The number of piperazine rings is 1. The van der Waals surface area contributed by atoms with E-state index in [2.05, 4.69) is 29.2 Å². The van der Waals surface area contributed by atoms with Crippen LogP contribution in [0.4, 0.5) is 0 Å². The summed E-state index contributed by atoms with van der Waals surface area (Å²) in [6.45, 7) is 9.99. The molecule has 2 heterocycles. The van der Waals surface area contributed by atoms with Gasteiger partial charge in [-0.05, 0) is 25.3 Å². The molecule has 0 radical (unpaired) electrons. The Bertz CT molecular complexity index is 724. The lowest BCUT2D eigenvalue weighted by molar-refractivity contribution is -0.175. The summed E-state index contributed by atoms with van der Waals surface area (Å²) >= 11 is 0. The first kappa shape index (κ1) is 17.5. The van der Waals surface area contributed by atoms with Crippen molar-refractivity contribution in [2.75, 3.05) is 26.2 Å². The van der Waals surface area contributed by atoms with Gasteiger partial charge in [-0.3, -0.25) is 14.5 Å². The van der Waals surface area contributed by atoms with Crippen molar-refractivity contribution in [3.8, 4) is 0 Å². The number of benzene rings is 1. The molecule has 1 aromatic carbocycles. The second-order valence-corrected chi connectivity index (χ2v) is 8.73. The molecule has 2 saturated heterocycles. The van der Waals surface area contributed by atoms with Gasteiger partial charge in [-0.1, -0.05) is 44.2 Å². The van der Waals surface area contributed by atoms with Crippen LogP contribution in [0, 0.1) is 10.8 Å². The maximum absolute atomic E-state index is 13.4. The SMILES string of the molecule is CC1(C)[C@]2(C)CC[C@]1(C(=O)N1CCN(Cc3ccccc3)CC1)OC2=O. The summed E-state index contributed by atoms with van der Waals surface area (Å²) in [7, 11) is 0. The molecule has 0 spiro atoms. The summed E-state index contributed by atoms with van der Waals surface area (Å²) in [6.07, 6.45) is 1.38. The van der Waals surface area contributed by atoms with Crippen LogP contribution < -0.4 is 0 Å². The van der Waals surface area contributed by atoms with Crippen LogP contribution in [-0.4, -0.2) is 53.5 Å². The predicted octanol–water partition coefficient (Wildman–Crippen LogP) is 2.45. The second-order valence-electron chi connectivity index (χ2n) is 8.73. The number of nitrogens with zero attached hydrogens (tertiary/aromatic N) is 2. The van der Waals surface area contributed by atoms with E-state index in [1.54, 1.807) is 0 Å². The molecule has 1 amide bonds. The number of fused-ring (bicyclic) bond motifs is 2. The highest BCUT2D eigenvalue weighted by atomic mass is 16.6. The van der Waals surface area contributed by atoms with E-state index in [-0.39, 0.29) is 11.9 Å². The van der Waals surface area contributed by atoms with Crippen molar-refractivity contribution in [3.63, 3.8) is 0 Å². The molecule has 5 nitrogen and oxygen atoms in total. The number of rotatable bonds is 3. The van der Waals surface area contributed by atoms with Gasteiger partial charge >= 0.3 is 5.97 Å². The molecule has 2 bridgehead atoms. The quantitative estimate of drug-likeness (QED) is 0.781. The van der Waals surface area contributed by atoms with E-state index in [9.17, 15) is 9.59 Å². The van der Waals surface area contributed by atoms with Crippen LogP contribution in [0.5, 0.6) is 0 Å². The average molecular weight is 356 g/mol. The number of amides is 1. The summed E-state index contributed by atoms with van der Waals surface area (Å²) in [4.78, 5) is 30.1. The molecule has 0 aromatic heterocycles. The molecule has 0 N–H and O–H groups in total. The topological polar surface area (TPSA) is 49.9 Å². The van der Waals surface area contributed by atoms with Crippen LogP contribution in [0.1, 0.15) is 39.2 Å². The summed E-state index contributed by atoms with van der Waals surface area (Å²) < 4.78 is 5.76. The lowest BCUT2D eigenvalue weighted by atomic mass is 9.66. The highest BCUT2D eigenvalue weighted by Crippen LogP contribution is 2.65. The van der Waals surface area contributed by atoms with Crippen LogP contribution in [-0.2, 0) is 20.9 Å². The zero-order chi connectivity index (χ0) is 18.6. The first-order valence-corrected chi connectivity index (χ1v) is 9.59. The Morgan fingerprint density at radius 2 is 1.69 bits per heavy atom. The van der Waals surface area contributed by atoms with Crippen molar-refractivity contribution in [2.45, 2.75) is 45.8 Å². The molecule has 26 heavy (non-hydrogen) atoms. The van der Waals surface area contributed by atoms with E-state index in [1.807, 2.05) is 31.7 Å². The van der Waals surface area contributed by atoms with Gasteiger partial charge in [0, 0.05) is 38.1 Å². The van der Waals surface area contributed by atoms with E-state index >= 15 is 0 Å². The monoisotopic (exact) mass is 356 g/mol. The highest BCUT2D eigenvalue weighted by Gasteiger charge is 2.76. The second kappa shape index (κ2) is 5.81. The molecule has 2 atom stereocenters. The first-order valence-electron chi connectivity index (χ1n) is 9.59. The molecule has 1 saturated carbocycles. The molecule has 2 aliphatic heterocycles. The zero-order valence-electron chi connectivity index (χ0n) is 16.0. The fourth-order valence-corrected chi connectivity index (χ4v) is 4.93. The number of hydrogen-bond donors (Lipinski definition) is 0. The maximum atomic E-state index is 13.4. The van der Waals surface area contributed by atoms with Gasteiger partial charge in [0.05, 0.1) is 5.41 Å². The highest BCUT2D eigenvalue weighted by molar-refractivity contribution is 5.96. The van der Waals surface area contributed by atoms with Crippen LogP contribution in [0.25, 0.3) is 0 Å². The third-order valence-corrected chi connectivity index (χ3v) is 7.34. The Labute approximate surface area is 155 Å². The molecule has 4 rings (SSSR count). The molecule has 140 valence electrons. The largest absolute Gasteiger partial charge is 0.448 e. The maximum Gasteiger partial charge on any atom is 0.313 e. The van der Waals surface area contributed by atoms with Gasteiger partial charge in [-0.15, -0.1) is 0 Å². The molecule has 3 fully saturated rings. The summed E-state index contributed by atoms with van der Waals surface area (Å²) in [5.74, 6) is -0.193. The number of esters is 1. The Hall–Kier alpha value is -1.88. The molecule has 5 heteroatoms. The summed E-state index contributed by atoms with van der Waals surface area (Å²) in [5, 5.41) is 0. The lowest BCUT2D eigenvalue weighted by Gasteiger charge is -2.42. The average Bonchev–Trinajstić information content (AvgIpc) is 2.93. The van der Waals surface area contributed by atoms with Crippen LogP contribution in [0.15, 0.2) is 30.3 Å². The van der Waals surface area contributed by atoms with E-state index in [1.165, 1.54) is 5.56 Å². The Kier molecular flexibility index (Phi) is 3.92. The van der Waals surface area contributed by atoms with E-state index in [4.69, 9.17) is 4.74 Å². The molecular formula is C21H28N2O3. The number of carbonyl (C=O) groups excluding carboxylic acids is 2. The molecule has 1 aromatic rings. The van der Waals surface area contributed by atoms with Crippen molar-refractivity contribution in [1.29, 1.82) is 0 Å². The first-order chi connectivity index (χ1) is 12.3. The van der Waals surface area contributed by atoms with Gasteiger partial charge in [0.1, 0.15) is 0 Å². The zero-order valence-corrected chi connectivity index (χ0v) is 16.0. The van der Waals surface area contributed by atoms with Crippen molar-refractivity contribution < 1.29 is 14.3 Å². The molecular weight excluding hydrogens is 328 g/mol. The Morgan fingerprint density at radius 1 is 1.04 bits per heavy atom. The number of carbonyl (C=O) groups is 2. The Morgan fingerprint density at radius 3 is 2.23 bits per heavy atom. The van der Waals surface area contributed by atoms with Gasteiger partial charge in [0.15, 0.2) is 5.60 Å². The van der Waals surface area contributed by atoms with Gasteiger partial charge in [-0.2, -0.15) is 0 Å². The number of ether oxygens (including phenoxy) is 1. The van der Waals surface area contributed by atoms with Crippen LogP contribution in [0.2, 0.25) is 0 Å². The van der Waals surface area contributed by atoms with Crippen molar-refractivity contribution >= 4 is 11.9 Å². The third-order valence-electron chi connectivity index (χ3n) is 7.34. The van der Waals surface area contributed by atoms with Crippen molar-refractivity contribution in [1.82, 2.24) is 9.80 Å². The minimum atomic E-state index is -0.972. The normalized spacial score (nSPS) is 33.3. The van der Waals surface area contributed by atoms with Gasteiger partial charge in [0.2, 0.25) is 0 Å². The fraction of sp³-hybridized carbons (Fsp3) is 0.619. The number of hydrogen-bond acceptors (Lipinski definition) is 4. The minimum Gasteiger partial charge on any atom is -0.448 e. The minimum absolute atomic E-state index is 0.0106. The predicted molar refractivity (Wildman–Crippen MR) is 98.2 cm³/mol. The molecule has 0 unspecified atom stereocenters. The molecule has 3 aliphatic rings. The third kappa shape index (κ3) is 2.26.